The van der Waals surface area contributed by atoms with E-state index >= 15 is 0 Å². The van der Waals surface area contributed by atoms with Gasteiger partial charge in [0.2, 0.25) is 0 Å². The molecule has 4 heteroatoms. The monoisotopic (exact) mass is 232 g/mol. The summed E-state index contributed by atoms with van der Waals surface area (Å²) in [6.45, 7) is 3.74. The Morgan fingerprint density at radius 3 is 2.41 bits per heavy atom. The highest BCUT2D eigenvalue weighted by Crippen LogP contribution is 2.16. The lowest BCUT2D eigenvalue weighted by atomic mass is 10.1. The molecule has 90 valence electrons. The highest BCUT2D eigenvalue weighted by molar-refractivity contribution is 5.33. The van der Waals surface area contributed by atoms with Crippen LogP contribution in [0.2, 0.25) is 0 Å². The Morgan fingerprint density at radius 1 is 1.29 bits per heavy atom. The first-order chi connectivity index (χ1) is 8.15. The third-order valence-electron chi connectivity index (χ3n) is 2.77. The highest BCUT2D eigenvalue weighted by Gasteiger charge is 2.16. The summed E-state index contributed by atoms with van der Waals surface area (Å²) in [7, 11) is 0. The van der Waals surface area contributed by atoms with E-state index in [0.29, 0.717) is 5.56 Å². The maximum Gasteiger partial charge on any atom is 0.277 e. The number of aromatic amines is 1. The van der Waals surface area contributed by atoms with Gasteiger partial charge in [0.1, 0.15) is 0 Å². The van der Waals surface area contributed by atoms with Crippen LogP contribution in [0, 0.1) is 0 Å². The molecule has 4 nitrogen and oxygen atoms in total. The number of para-hydroxylation sites is 1. The third kappa shape index (κ3) is 2.03. The van der Waals surface area contributed by atoms with Crippen molar-refractivity contribution in [2.24, 2.45) is 0 Å². The van der Waals surface area contributed by atoms with Gasteiger partial charge in [-0.1, -0.05) is 32.0 Å². The SMILES string of the molecule is CC(C)c1[nH]n(-c2ccccc2)c(=O)c1CO. The molecule has 0 atom stereocenters. The molecule has 1 heterocycles. The molecule has 0 aliphatic rings. The van der Waals surface area contributed by atoms with E-state index < -0.39 is 0 Å². The zero-order chi connectivity index (χ0) is 12.4. The van der Waals surface area contributed by atoms with E-state index in [2.05, 4.69) is 5.10 Å². The average molecular weight is 232 g/mol. The second kappa shape index (κ2) is 4.59. The van der Waals surface area contributed by atoms with Gasteiger partial charge in [-0.05, 0) is 18.1 Å². The Morgan fingerprint density at radius 2 is 1.94 bits per heavy atom. The molecule has 2 rings (SSSR count). The predicted molar refractivity (Wildman–Crippen MR) is 66.4 cm³/mol. The lowest BCUT2D eigenvalue weighted by molar-refractivity contribution is 0.279. The van der Waals surface area contributed by atoms with Crippen LogP contribution in [0.3, 0.4) is 0 Å². The number of H-pyrrole nitrogens is 1. The summed E-state index contributed by atoms with van der Waals surface area (Å²) in [6, 6.07) is 9.34. The average Bonchev–Trinajstić information content (AvgIpc) is 2.67. The van der Waals surface area contributed by atoms with Crippen molar-refractivity contribution in [1.29, 1.82) is 0 Å². The van der Waals surface area contributed by atoms with Crippen molar-refractivity contribution >= 4 is 0 Å². The second-order valence-corrected chi connectivity index (χ2v) is 4.29. The number of aliphatic hydroxyl groups is 1. The van der Waals surface area contributed by atoms with Crippen molar-refractivity contribution in [2.75, 3.05) is 0 Å². The summed E-state index contributed by atoms with van der Waals surface area (Å²) in [5, 5.41) is 12.3. The van der Waals surface area contributed by atoms with E-state index in [-0.39, 0.29) is 18.1 Å². The fraction of sp³-hybridized carbons (Fsp3) is 0.308. The van der Waals surface area contributed by atoms with Crippen molar-refractivity contribution in [3.63, 3.8) is 0 Å². The van der Waals surface area contributed by atoms with Crippen LogP contribution in [0.15, 0.2) is 35.1 Å². The van der Waals surface area contributed by atoms with E-state index in [1.54, 1.807) is 0 Å². The van der Waals surface area contributed by atoms with Gasteiger partial charge in [-0.15, -0.1) is 0 Å². The summed E-state index contributed by atoms with van der Waals surface area (Å²) in [5.74, 6) is 0.176. The zero-order valence-electron chi connectivity index (χ0n) is 9.97. The molecule has 0 saturated carbocycles. The van der Waals surface area contributed by atoms with Crippen LogP contribution in [0.25, 0.3) is 5.69 Å². The van der Waals surface area contributed by atoms with E-state index in [1.807, 2.05) is 44.2 Å². The minimum atomic E-state index is -0.233. The van der Waals surface area contributed by atoms with Crippen molar-refractivity contribution in [1.82, 2.24) is 9.78 Å². The van der Waals surface area contributed by atoms with Gasteiger partial charge >= 0.3 is 0 Å². The van der Waals surface area contributed by atoms with E-state index in [1.165, 1.54) is 4.68 Å². The molecular weight excluding hydrogens is 216 g/mol. The topological polar surface area (TPSA) is 58.0 Å². The molecule has 0 fully saturated rings. The summed E-state index contributed by atoms with van der Waals surface area (Å²) < 4.78 is 1.47. The van der Waals surface area contributed by atoms with Crippen LogP contribution < -0.4 is 5.56 Å². The number of aliphatic hydroxyl groups excluding tert-OH is 1. The number of nitrogens with zero attached hydrogens (tertiary/aromatic N) is 1. The Kier molecular flexibility index (Phi) is 3.15. The van der Waals surface area contributed by atoms with Gasteiger partial charge in [-0.2, -0.15) is 0 Å². The Hall–Kier alpha value is -1.81. The van der Waals surface area contributed by atoms with Crippen LogP contribution in [0.4, 0.5) is 0 Å². The lowest BCUT2D eigenvalue weighted by Gasteiger charge is -2.03. The maximum absolute atomic E-state index is 12.1. The molecule has 0 aliphatic carbocycles. The molecule has 2 N–H and O–H groups in total. The molecule has 0 aliphatic heterocycles. The fourth-order valence-electron chi connectivity index (χ4n) is 1.88. The van der Waals surface area contributed by atoms with Gasteiger partial charge in [0.25, 0.3) is 5.56 Å². The molecule has 2 aromatic rings. The van der Waals surface area contributed by atoms with Gasteiger partial charge in [-0.3, -0.25) is 9.89 Å². The second-order valence-electron chi connectivity index (χ2n) is 4.29. The van der Waals surface area contributed by atoms with Crippen LogP contribution >= 0.6 is 0 Å². The van der Waals surface area contributed by atoms with Crippen LogP contribution in [0.5, 0.6) is 0 Å². The van der Waals surface area contributed by atoms with Gasteiger partial charge < -0.3 is 5.11 Å². The molecule has 0 spiro atoms. The molecule has 0 amide bonds. The van der Waals surface area contributed by atoms with Gasteiger partial charge in [-0.25, -0.2) is 4.68 Å². The molecule has 0 radical (unpaired) electrons. The molecule has 0 bridgehead atoms. The minimum absolute atomic E-state index is 0.176. The minimum Gasteiger partial charge on any atom is -0.391 e. The highest BCUT2D eigenvalue weighted by atomic mass is 16.3. The van der Waals surface area contributed by atoms with Gasteiger partial charge in [0, 0.05) is 5.69 Å². The first-order valence-electron chi connectivity index (χ1n) is 5.65. The maximum atomic E-state index is 12.1. The Bertz CT molecular complexity index is 553. The van der Waals surface area contributed by atoms with Crippen LogP contribution in [-0.2, 0) is 6.61 Å². The molecular formula is C13H16N2O2. The number of aromatic nitrogens is 2. The summed E-state index contributed by atoms with van der Waals surface area (Å²) in [5.41, 5.74) is 1.84. The van der Waals surface area contributed by atoms with E-state index in [4.69, 9.17) is 0 Å². The van der Waals surface area contributed by atoms with Crippen molar-refractivity contribution < 1.29 is 5.11 Å². The summed E-state index contributed by atoms with van der Waals surface area (Å²) in [6.07, 6.45) is 0. The van der Waals surface area contributed by atoms with Crippen molar-refractivity contribution in [2.45, 2.75) is 26.4 Å². The third-order valence-corrected chi connectivity index (χ3v) is 2.77. The molecule has 1 aromatic carbocycles. The number of rotatable bonds is 3. The van der Waals surface area contributed by atoms with Crippen LogP contribution in [0.1, 0.15) is 31.0 Å². The van der Waals surface area contributed by atoms with Crippen molar-refractivity contribution in [3.8, 4) is 5.69 Å². The van der Waals surface area contributed by atoms with Crippen molar-refractivity contribution in [3.05, 3.63) is 51.9 Å². The zero-order valence-corrected chi connectivity index (χ0v) is 9.97. The first-order valence-corrected chi connectivity index (χ1v) is 5.65. The Labute approximate surface area is 99.5 Å². The first kappa shape index (κ1) is 11.7. The normalized spacial score (nSPS) is 11.1. The van der Waals surface area contributed by atoms with Gasteiger partial charge in [0.05, 0.1) is 17.9 Å². The Balaban J connectivity index is 2.61. The lowest BCUT2D eigenvalue weighted by Crippen LogP contribution is -2.17. The largest absolute Gasteiger partial charge is 0.391 e. The quantitative estimate of drug-likeness (QED) is 0.847. The summed E-state index contributed by atoms with van der Waals surface area (Å²) in [4.78, 5) is 12.1. The summed E-state index contributed by atoms with van der Waals surface area (Å²) >= 11 is 0. The standard InChI is InChI=1S/C13H16N2O2/c1-9(2)12-11(8-16)13(17)15(14-12)10-6-4-3-5-7-10/h3-7,9,14,16H,8H2,1-2H3. The molecule has 1 aromatic heterocycles. The van der Waals surface area contributed by atoms with Gasteiger partial charge in [0.15, 0.2) is 0 Å². The molecule has 0 unspecified atom stereocenters. The molecule has 17 heavy (non-hydrogen) atoms. The smallest absolute Gasteiger partial charge is 0.277 e. The fourth-order valence-corrected chi connectivity index (χ4v) is 1.88. The van der Waals surface area contributed by atoms with Crippen LogP contribution in [-0.4, -0.2) is 14.9 Å². The number of nitrogens with one attached hydrogen (secondary N) is 1. The number of hydrogen-bond acceptors (Lipinski definition) is 2. The van der Waals surface area contributed by atoms with E-state index in [0.717, 1.165) is 11.4 Å². The predicted octanol–water partition coefficient (Wildman–Crippen LogP) is 1.78. The molecule has 0 saturated heterocycles. The number of hydrogen-bond donors (Lipinski definition) is 2. The van der Waals surface area contributed by atoms with E-state index in [9.17, 15) is 9.90 Å². The number of benzene rings is 1.